The number of hydrogen-bond acceptors (Lipinski definition) is 3. The van der Waals surface area contributed by atoms with Crippen molar-refractivity contribution in [3.05, 3.63) is 0 Å². The van der Waals surface area contributed by atoms with E-state index in [0.717, 1.165) is 25.7 Å². The lowest BCUT2D eigenvalue weighted by atomic mass is 10.2. The molecule has 3 N–H and O–H groups in total. The van der Waals surface area contributed by atoms with Crippen LogP contribution in [-0.4, -0.2) is 55.0 Å². The quantitative estimate of drug-likeness (QED) is 0.627. The highest BCUT2D eigenvalue weighted by Crippen LogP contribution is 2.17. The molecule has 1 fully saturated rings. The molecular formula is C14H26N4O3. The maximum atomic E-state index is 11.7. The van der Waals surface area contributed by atoms with Crippen molar-refractivity contribution in [3.8, 4) is 0 Å². The van der Waals surface area contributed by atoms with Gasteiger partial charge in [0.25, 0.3) is 0 Å². The third-order valence-electron chi connectivity index (χ3n) is 3.65. The lowest BCUT2D eigenvalue weighted by Crippen LogP contribution is -2.47. The van der Waals surface area contributed by atoms with Crippen molar-refractivity contribution in [1.29, 1.82) is 0 Å². The summed E-state index contributed by atoms with van der Waals surface area (Å²) in [6.07, 6.45) is 4.31. The highest BCUT2D eigenvalue weighted by Gasteiger charge is 2.17. The highest BCUT2D eigenvalue weighted by atomic mass is 16.2. The molecule has 21 heavy (non-hydrogen) atoms. The van der Waals surface area contributed by atoms with Crippen LogP contribution in [0.15, 0.2) is 0 Å². The Morgan fingerprint density at radius 3 is 2.14 bits per heavy atom. The number of likely N-dealkylation sites (N-methyl/N-ethyl adjacent to an activating group) is 1. The van der Waals surface area contributed by atoms with Gasteiger partial charge < -0.3 is 20.9 Å². The number of amides is 4. The first-order valence-electron chi connectivity index (χ1n) is 7.65. The molecule has 7 heteroatoms. The largest absolute Gasteiger partial charge is 0.352 e. The molecule has 4 amide bonds. The van der Waals surface area contributed by atoms with E-state index in [9.17, 15) is 14.4 Å². The molecule has 1 aliphatic carbocycles. The normalized spacial score (nSPS) is 14.6. The second kappa shape index (κ2) is 9.20. The molecule has 0 unspecified atom stereocenters. The smallest absolute Gasteiger partial charge is 0.315 e. The molecule has 0 heterocycles. The number of urea groups is 1. The second-order valence-corrected chi connectivity index (χ2v) is 5.15. The van der Waals surface area contributed by atoms with Gasteiger partial charge in [-0.25, -0.2) is 4.79 Å². The van der Waals surface area contributed by atoms with Gasteiger partial charge >= 0.3 is 6.03 Å². The first-order chi connectivity index (χ1) is 10.1. The van der Waals surface area contributed by atoms with Crippen LogP contribution < -0.4 is 16.0 Å². The van der Waals surface area contributed by atoms with E-state index in [1.807, 2.05) is 13.8 Å². The molecule has 0 spiro atoms. The minimum atomic E-state index is -0.503. The number of rotatable bonds is 7. The number of nitrogens with one attached hydrogen (secondary N) is 3. The molecule has 0 saturated heterocycles. The molecule has 0 bridgehead atoms. The number of carbonyl (C=O) groups excluding carboxylic acids is 3. The Balaban J connectivity index is 2.15. The van der Waals surface area contributed by atoms with E-state index in [0.29, 0.717) is 13.1 Å². The second-order valence-electron chi connectivity index (χ2n) is 5.15. The van der Waals surface area contributed by atoms with Crippen LogP contribution in [0, 0.1) is 0 Å². The standard InChI is InChI=1S/C14H26N4O3/c1-3-18(4-2)13(20)10-16-14(21)15-9-12(19)17-11-7-5-6-8-11/h11H,3-10H2,1-2H3,(H,17,19)(H2,15,16,21). The molecule has 0 aromatic carbocycles. The van der Waals surface area contributed by atoms with Gasteiger partial charge in [-0.05, 0) is 26.7 Å². The average molecular weight is 298 g/mol. The van der Waals surface area contributed by atoms with Gasteiger partial charge in [0.05, 0.1) is 13.1 Å². The molecule has 0 atom stereocenters. The van der Waals surface area contributed by atoms with Crippen molar-refractivity contribution < 1.29 is 14.4 Å². The molecule has 1 rings (SSSR count). The summed E-state index contributed by atoms with van der Waals surface area (Å²) < 4.78 is 0. The van der Waals surface area contributed by atoms with Gasteiger partial charge in [0, 0.05) is 19.1 Å². The highest BCUT2D eigenvalue weighted by molar-refractivity contribution is 5.87. The van der Waals surface area contributed by atoms with Gasteiger partial charge in [0.2, 0.25) is 11.8 Å². The number of hydrogen-bond donors (Lipinski definition) is 3. The summed E-state index contributed by atoms with van der Waals surface area (Å²) in [4.78, 5) is 36.4. The minimum Gasteiger partial charge on any atom is -0.352 e. The van der Waals surface area contributed by atoms with Crippen molar-refractivity contribution in [1.82, 2.24) is 20.9 Å². The molecule has 0 aromatic rings. The molecule has 0 aliphatic heterocycles. The van der Waals surface area contributed by atoms with Gasteiger partial charge in [-0.2, -0.15) is 0 Å². The Morgan fingerprint density at radius 1 is 1.00 bits per heavy atom. The van der Waals surface area contributed by atoms with Crippen molar-refractivity contribution in [2.75, 3.05) is 26.2 Å². The van der Waals surface area contributed by atoms with Crippen LogP contribution >= 0.6 is 0 Å². The lowest BCUT2D eigenvalue weighted by molar-refractivity contribution is -0.129. The summed E-state index contributed by atoms with van der Waals surface area (Å²) in [6, 6.07) is -0.260. The van der Waals surface area contributed by atoms with Crippen molar-refractivity contribution >= 4 is 17.8 Å². The lowest BCUT2D eigenvalue weighted by Gasteiger charge is -2.18. The SMILES string of the molecule is CCN(CC)C(=O)CNC(=O)NCC(=O)NC1CCCC1. The van der Waals surface area contributed by atoms with Crippen molar-refractivity contribution in [3.63, 3.8) is 0 Å². The predicted octanol–water partition coefficient (Wildman–Crippen LogP) is 0.213. The maximum Gasteiger partial charge on any atom is 0.315 e. The van der Waals surface area contributed by atoms with E-state index in [1.54, 1.807) is 4.90 Å². The van der Waals surface area contributed by atoms with Crippen LogP contribution in [0.1, 0.15) is 39.5 Å². The minimum absolute atomic E-state index is 0.0578. The van der Waals surface area contributed by atoms with Crippen molar-refractivity contribution in [2.24, 2.45) is 0 Å². The summed E-state index contributed by atoms with van der Waals surface area (Å²) in [6.45, 7) is 4.87. The van der Waals surface area contributed by atoms with Crippen LogP contribution in [0.4, 0.5) is 4.79 Å². The zero-order valence-corrected chi connectivity index (χ0v) is 12.9. The van der Waals surface area contributed by atoms with Crippen LogP contribution in [-0.2, 0) is 9.59 Å². The molecule has 1 saturated carbocycles. The van der Waals surface area contributed by atoms with Crippen molar-refractivity contribution in [2.45, 2.75) is 45.6 Å². The van der Waals surface area contributed by atoms with Crippen LogP contribution in [0.3, 0.4) is 0 Å². The van der Waals surface area contributed by atoms with Crippen LogP contribution in [0.25, 0.3) is 0 Å². The zero-order valence-electron chi connectivity index (χ0n) is 12.9. The molecule has 7 nitrogen and oxygen atoms in total. The topological polar surface area (TPSA) is 90.5 Å². The maximum absolute atomic E-state index is 11.7. The third kappa shape index (κ3) is 6.46. The number of carbonyl (C=O) groups is 3. The van der Waals surface area contributed by atoms with Crippen LogP contribution in [0.2, 0.25) is 0 Å². The average Bonchev–Trinajstić information content (AvgIpc) is 2.97. The van der Waals surface area contributed by atoms with Gasteiger partial charge in [-0.1, -0.05) is 12.8 Å². The van der Waals surface area contributed by atoms with E-state index in [4.69, 9.17) is 0 Å². The Kier molecular flexibility index (Phi) is 7.56. The first kappa shape index (κ1) is 17.3. The summed E-state index contributed by atoms with van der Waals surface area (Å²) in [5.74, 6) is -0.322. The monoisotopic (exact) mass is 298 g/mol. The Morgan fingerprint density at radius 2 is 1.57 bits per heavy atom. The molecule has 120 valence electrons. The third-order valence-corrected chi connectivity index (χ3v) is 3.65. The molecule has 0 radical (unpaired) electrons. The van der Waals surface area contributed by atoms with Gasteiger partial charge in [0.1, 0.15) is 0 Å². The Labute approximate surface area is 125 Å². The predicted molar refractivity (Wildman–Crippen MR) is 79.7 cm³/mol. The summed E-state index contributed by atoms with van der Waals surface area (Å²) in [7, 11) is 0. The van der Waals surface area contributed by atoms with E-state index < -0.39 is 6.03 Å². The molecule has 1 aliphatic rings. The summed E-state index contributed by atoms with van der Waals surface area (Å²) in [5, 5.41) is 7.79. The zero-order chi connectivity index (χ0) is 15.7. The molecule has 0 aromatic heterocycles. The number of nitrogens with zero attached hydrogens (tertiary/aromatic N) is 1. The fourth-order valence-corrected chi connectivity index (χ4v) is 2.42. The van der Waals surface area contributed by atoms with Gasteiger partial charge in [-0.3, -0.25) is 9.59 Å². The van der Waals surface area contributed by atoms with E-state index in [2.05, 4.69) is 16.0 Å². The first-order valence-corrected chi connectivity index (χ1v) is 7.65. The van der Waals surface area contributed by atoms with Crippen LogP contribution in [0.5, 0.6) is 0 Å². The fourth-order valence-electron chi connectivity index (χ4n) is 2.42. The Hall–Kier alpha value is -1.79. The summed E-state index contributed by atoms with van der Waals surface area (Å²) >= 11 is 0. The Bertz CT molecular complexity index is 363. The van der Waals surface area contributed by atoms with E-state index in [-0.39, 0.29) is 30.9 Å². The molecular weight excluding hydrogens is 272 g/mol. The van der Waals surface area contributed by atoms with Gasteiger partial charge in [-0.15, -0.1) is 0 Å². The van der Waals surface area contributed by atoms with E-state index >= 15 is 0 Å². The van der Waals surface area contributed by atoms with E-state index in [1.165, 1.54) is 0 Å². The fraction of sp³-hybridized carbons (Fsp3) is 0.786. The van der Waals surface area contributed by atoms with Gasteiger partial charge in [0.15, 0.2) is 0 Å². The summed E-state index contributed by atoms with van der Waals surface area (Å²) in [5.41, 5.74) is 0.